The predicted molar refractivity (Wildman–Crippen MR) is 144 cm³/mol. The van der Waals surface area contributed by atoms with Gasteiger partial charge in [0.2, 0.25) is 5.91 Å². The van der Waals surface area contributed by atoms with Crippen LogP contribution in [-0.4, -0.2) is 80.4 Å². The third-order valence-electron chi connectivity index (χ3n) is 6.35. The molecule has 2 heterocycles. The van der Waals surface area contributed by atoms with Gasteiger partial charge in [0.05, 0.1) is 50.2 Å². The van der Waals surface area contributed by atoms with Gasteiger partial charge in [-0.3, -0.25) is 20.5 Å². The van der Waals surface area contributed by atoms with Gasteiger partial charge >= 0.3 is 12.1 Å². The van der Waals surface area contributed by atoms with E-state index in [9.17, 15) is 14.4 Å². The zero-order chi connectivity index (χ0) is 29.6. The first kappa shape index (κ1) is 32.2. The van der Waals surface area contributed by atoms with Crippen LogP contribution in [-0.2, 0) is 34.5 Å². The third kappa shape index (κ3) is 9.90. The number of ether oxygens (including phenoxy) is 3. The van der Waals surface area contributed by atoms with E-state index in [1.165, 1.54) is 4.90 Å². The summed E-state index contributed by atoms with van der Waals surface area (Å²) in [4.78, 5) is 38.2. The van der Waals surface area contributed by atoms with Crippen molar-refractivity contribution in [1.29, 1.82) is 10.5 Å². The molecular formula is C26H35N6O8P. The van der Waals surface area contributed by atoms with Crippen LogP contribution in [0.25, 0.3) is 0 Å². The van der Waals surface area contributed by atoms with Gasteiger partial charge < -0.3 is 28.6 Å². The number of hydrogen-bond acceptors (Lipinski definition) is 11. The number of rotatable bonds is 15. The van der Waals surface area contributed by atoms with Gasteiger partial charge in [0.15, 0.2) is 6.23 Å². The zero-order valence-corrected chi connectivity index (χ0v) is 23.7. The molecule has 4 amide bonds. The Morgan fingerprint density at radius 3 is 2.63 bits per heavy atom. The Hall–Kier alpha value is -3.36. The molecule has 6 atom stereocenters. The summed E-state index contributed by atoms with van der Waals surface area (Å²) in [5.41, 5.74) is 7.21. The summed E-state index contributed by atoms with van der Waals surface area (Å²) in [5, 5.41) is 22.3. The molecule has 0 aromatic heterocycles. The van der Waals surface area contributed by atoms with Crippen molar-refractivity contribution in [2.24, 2.45) is 11.4 Å². The molecule has 0 bridgehead atoms. The van der Waals surface area contributed by atoms with Gasteiger partial charge in [-0.15, -0.1) is 0 Å². The predicted octanol–water partition coefficient (Wildman–Crippen LogP) is 2.06. The minimum absolute atomic E-state index is 0.00483. The van der Waals surface area contributed by atoms with E-state index < -0.39 is 51.1 Å². The highest BCUT2D eigenvalue weighted by Crippen LogP contribution is 2.40. The lowest BCUT2D eigenvalue weighted by atomic mass is 10.0. The average Bonchev–Trinajstić information content (AvgIpc) is 3.29. The molecule has 15 heteroatoms. The molecule has 0 spiro atoms. The summed E-state index contributed by atoms with van der Waals surface area (Å²) in [5.74, 6) is -0.865. The molecule has 3 rings (SSSR count). The van der Waals surface area contributed by atoms with Crippen molar-refractivity contribution >= 4 is 26.6 Å². The number of hydrogen-bond donors (Lipinski definition) is 3. The smallest absolute Gasteiger partial charge is 0.407 e. The summed E-state index contributed by atoms with van der Waals surface area (Å²) >= 11 is 0. The van der Waals surface area contributed by atoms with Crippen LogP contribution in [0, 0.1) is 28.6 Å². The summed E-state index contributed by atoms with van der Waals surface area (Å²) in [7, 11) is -1.92. The number of nitrogens with two attached hydrogens (primary N) is 1. The van der Waals surface area contributed by atoms with Gasteiger partial charge in [0, 0.05) is 13.1 Å². The number of carbonyl (C=O) groups is 3. The number of alkyl carbamates (subject to hydrolysis) is 1. The fourth-order valence-corrected chi connectivity index (χ4v) is 5.18. The summed E-state index contributed by atoms with van der Waals surface area (Å²) in [6.45, 7) is 1.92. The van der Waals surface area contributed by atoms with Crippen molar-refractivity contribution in [1.82, 2.24) is 15.5 Å². The minimum atomic E-state index is -1.92. The van der Waals surface area contributed by atoms with Gasteiger partial charge in [0.25, 0.3) is 8.53 Å². The summed E-state index contributed by atoms with van der Waals surface area (Å²) < 4.78 is 29.0. The fraction of sp³-hybridized carbons (Fsp3) is 0.577. The highest BCUT2D eigenvalue weighted by molar-refractivity contribution is 7.44. The third-order valence-corrected chi connectivity index (χ3v) is 7.24. The van der Waals surface area contributed by atoms with Crippen molar-refractivity contribution in [3.8, 4) is 12.1 Å². The fourth-order valence-electron chi connectivity index (χ4n) is 4.35. The molecule has 41 heavy (non-hydrogen) atoms. The van der Waals surface area contributed by atoms with Crippen LogP contribution in [0.15, 0.2) is 30.3 Å². The Morgan fingerprint density at radius 2 is 1.90 bits per heavy atom. The maximum atomic E-state index is 12.9. The highest BCUT2D eigenvalue weighted by atomic mass is 31.2. The zero-order valence-electron chi connectivity index (χ0n) is 22.8. The van der Waals surface area contributed by atoms with E-state index in [-0.39, 0.29) is 51.7 Å². The lowest BCUT2D eigenvalue weighted by molar-refractivity contribution is -0.131. The number of urea groups is 1. The maximum absolute atomic E-state index is 12.9. The second kappa shape index (κ2) is 16.8. The molecule has 0 aliphatic carbocycles. The van der Waals surface area contributed by atoms with E-state index in [1.54, 1.807) is 6.92 Å². The van der Waals surface area contributed by atoms with Crippen molar-refractivity contribution in [3.05, 3.63) is 35.9 Å². The highest BCUT2D eigenvalue weighted by Gasteiger charge is 2.52. The Morgan fingerprint density at radius 1 is 1.17 bits per heavy atom. The normalized spacial score (nSPS) is 24.7. The molecule has 2 fully saturated rings. The number of benzene rings is 1. The first-order chi connectivity index (χ1) is 19.8. The maximum Gasteiger partial charge on any atom is 0.407 e. The molecule has 222 valence electrons. The second-order valence-electron chi connectivity index (χ2n) is 9.34. The monoisotopic (exact) mass is 590 g/mol. The van der Waals surface area contributed by atoms with E-state index in [1.807, 2.05) is 42.5 Å². The van der Waals surface area contributed by atoms with Crippen molar-refractivity contribution in [3.63, 3.8) is 0 Å². The number of nitrogens with one attached hydrogen (secondary N) is 2. The first-order valence-corrected chi connectivity index (χ1v) is 14.5. The van der Waals surface area contributed by atoms with Crippen LogP contribution in [0.3, 0.4) is 0 Å². The molecule has 6 unspecified atom stereocenters. The van der Waals surface area contributed by atoms with Crippen LogP contribution in [0.4, 0.5) is 9.59 Å². The molecule has 14 nitrogen and oxygen atoms in total. The Labute approximate surface area is 239 Å². The van der Waals surface area contributed by atoms with Crippen LogP contribution in [0.5, 0.6) is 0 Å². The molecule has 0 radical (unpaired) electrons. The van der Waals surface area contributed by atoms with Crippen LogP contribution in [0.2, 0.25) is 0 Å². The van der Waals surface area contributed by atoms with Gasteiger partial charge in [-0.2, -0.15) is 10.5 Å². The Bertz CT molecular complexity index is 1100. The molecular weight excluding hydrogens is 555 g/mol. The van der Waals surface area contributed by atoms with E-state index in [0.717, 1.165) is 5.56 Å². The number of aryl methyl sites for hydroxylation is 1. The SMILES string of the molecule is CC1CN(C2OC(CCc3ccccc3)C(OP(N)OCCC#N)C2OCCNC(=O)OCCC#N)C(=O)NC1=O. The number of carbonyl (C=O) groups excluding carboxylic acids is 3. The lowest BCUT2D eigenvalue weighted by Gasteiger charge is -2.37. The van der Waals surface area contributed by atoms with E-state index in [2.05, 4.69) is 10.6 Å². The molecule has 1 aromatic rings. The van der Waals surface area contributed by atoms with Crippen LogP contribution < -0.4 is 16.1 Å². The Balaban J connectivity index is 1.77. The van der Waals surface area contributed by atoms with Crippen molar-refractivity contribution in [2.75, 3.05) is 32.9 Å². The average molecular weight is 591 g/mol. The second-order valence-corrected chi connectivity index (χ2v) is 10.4. The molecule has 2 saturated heterocycles. The van der Waals surface area contributed by atoms with Gasteiger partial charge in [0.1, 0.15) is 18.8 Å². The number of amides is 4. The molecule has 0 saturated carbocycles. The van der Waals surface area contributed by atoms with E-state index in [4.69, 9.17) is 39.3 Å². The molecule has 2 aliphatic heterocycles. The largest absolute Gasteiger partial charge is 0.448 e. The van der Waals surface area contributed by atoms with Gasteiger partial charge in [-0.1, -0.05) is 37.3 Å². The first-order valence-electron chi connectivity index (χ1n) is 13.3. The lowest BCUT2D eigenvalue weighted by Crippen LogP contribution is -2.60. The molecule has 1 aromatic carbocycles. The van der Waals surface area contributed by atoms with Gasteiger partial charge in [-0.25, -0.2) is 9.59 Å². The molecule has 2 aliphatic rings. The molecule has 4 N–H and O–H groups in total. The van der Waals surface area contributed by atoms with Crippen molar-refractivity contribution < 1.29 is 37.6 Å². The van der Waals surface area contributed by atoms with Crippen LogP contribution in [0.1, 0.15) is 31.7 Å². The summed E-state index contributed by atoms with van der Waals surface area (Å²) in [6, 6.07) is 13.0. The Kier molecular flexibility index (Phi) is 13.2. The number of nitrogens with zero attached hydrogens (tertiary/aromatic N) is 3. The van der Waals surface area contributed by atoms with Crippen LogP contribution >= 0.6 is 8.53 Å². The quantitative estimate of drug-likeness (QED) is 0.200. The van der Waals surface area contributed by atoms with Crippen molar-refractivity contribution in [2.45, 2.75) is 57.1 Å². The standard InChI is InChI=1S/C26H35N6O8P/c1-18-17-32(25(34)31-23(18)33)24-22(36-16-13-30-26(35)37-14-5-11-27)21(40-41(29)38-15-6-12-28)20(39-24)10-9-19-7-3-2-4-8-19/h2-4,7-8,18,20-22,24H,5-6,9-10,13-17,29H2,1H3,(H,30,35)(H,31,33,34). The van der Waals surface area contributed by atoms with Gasteiger partial charge in [-0.05, 0) is 18.4 Å². The van der Waals surface area contributed by atoms with E-state index >= 15 is 0 Å². The summed E-state index contributed by atoms with van der Waals surface area (Å²) in [6.07, 6.45) is -2.47. The number of imide groups is 1. The number of nitriles is 2. The minimum Gasteiger partial charge on any atom is -0.448 e. The van der Waals surface area contributed by atoms with E-state index in [0.29, 0.717) is 12.8 Å². The topological polar surface area (TPSA) is 198 Å².